The highest BCUT2D eigenvalue weighted by Crippen LogP contribution is 2.27. The molecule has 20 heavy (non-hydrogen) atoms. The maximum Gasteiger partial charge on any atom is 0.346 e. The molecule has 0 bridgehead atoms. The van der Waals surface area contributed by atoms with E-state index in [1.54, 1.807) is 28.8 Å². The topological polar surface area (TPSA) is 96.9 Å². The van der Waals surface area contributed by atoms with Gasteiger partial charge in [-0.1, -0.05) is 0 Å². The van der Waals surface area contributed by atoms with E-state index in [2.05, 4.69) is 4.98 Å². The van der Waals surface area contributed by atoms with Crippen molar-refractivity contribution in [2.45, 2.75) is 0 Å². The summed E-state index contributed by atoms with van der Waals surface area (Å²) in [6.45, 7) is 0. The lowest BCUT2D eigenvalue weighted by atomic mass is 10.2. The summed E-state index contributed by atoms with van der Waals surface area (Å²) < 4.78 is 11.9. The molecule has 0 aliphatic rings. The van der Waals surface area contributed by atoms with Crippen LogP contribution in [0.4, 0.5) is 0 Å². The van der Waals surface area contributed by atoms with Gasteiger partial charge in [0.05, 0.1) is 14.2 Å². The molecule has 2 rings (SSSR count). The first-order chi connectivity index (χ1) is 9.62. The number of hydrogen-bond acceptors (Lipinski definition) is 5. The zero-order valence-corrected chi connectivity index (χ0v) is 10.8. The van der Waals surface area contributed by atoms with Gasteiger partial charge in [-0.15, -0.1) is 0 Å². The predicted molar refractivity (Wildman–Crippen MR) is 69.5 cm³/mol. The zero-order valence-electron chi connectivity index (χ0n) is 10.8. The molecule has 1 N–H and O–H groups in total. The third-order valence-corrected chi connectivity index (χ3v) is 2.66. The lowest BCUT2D eigenvalue weighted by molar-refractivity contribution is -0.132. The minimum atomic E-state index is -1.31. The molecule has 0 amide bonds. The summed E-state index contributed by atoms with van der Waals surface area (Å²) in [5.41, 5.74) is 0.425. The number of hydrogen-bond donors (Lipinski definition) is 1. The van der Waals surface area contributed by atoms with E-state index in [-0.39, 0.29) is 5.88 Å². The average molecular weight is 273 g/mol. The molecule has 0 aliphatic carbocycles. The molecule has 0 saturated carbocycles. The number of ether oxygens (including phenoxy) is 2. The molecule has 0 fully saturated rings. The van der Waals surface area contributed by atoms with Crippen molar-refractivity contribution in [3.8, 4) is 17.7 Å². The Hall–Kier alpha value is -3.01. The number of imidazole rings is 1. The van der Waals surface area contributed by atoms with Gasteiger partial charge in [0.25, 0.3) is 0 Å². The summed E-state index contributed by atoms with van der Waals surface area (Å²) in [6, 6.07) is 5.06. The molecule has 2 aromatic heterocycles. The van der Waals surface area contributed by atoms with E-state index in [0.29, 0.717) is 17.1 Å². The van der Waals surface area contributed by atoms with Crippen molar-refractivity contribution in [3.63, 3.8) is 0 Å². The molecule has 2 heterocycles. The lowest BCUT2D eigenvalue weighted by Gasteiger charge is -2.02. The number of carbonyl (C=O) groups is 1. The van der Waals surface area contributed by atoms with Gasteiger partial charge in [-0.25, -0.2) is 4.79 Å². The second-order valence-corrected chi connectivity index (χ2v) is 3.75. The van der Waals surface area contributed by atoms with Crippen molar-refractivity contribution in [3.05, 3.63) is 29.6 Å². The monoisotopic (exact) mass is 273 g/mol. The largest absolute Gasteiger partial charge is 0.493 e. The SMILES string of the molecule is COc1nc2c(OC)cccn2c1C=C(C#N)C(=O)O. The summed E-state index contributed by atoms with van der Waals surface area (Å²) in [7, 11) is 2.92. The summed E-state index contributed by atoms with van der Waals surface area (Å²) >= 11 is 0. The number of nitriles is 1. The molecule has 0 aliphatic heterocycles. The molecule has 2 aromatic rings. The number of fused-ring (bicyclic) bond motifs is 1. The molecule has 0 atom stereocenters. The van der Waals surface area contributed by atoms with E-state index < -0.39 is 11.5 Å². The van der Waals surface area contributed by atoms with Gasteiger partial charge in [0.1, 0.15) is 17.3 Å². The Kier molecular flexibility index (Phi) is 3.57. The van der Waals surface area contributed by atoms with E-state index in [9.17, 15) is 4.79 Å². The Bertz CT molecular complexity index is 740. The van der Waals surface area contributed by atoms with Crippen LogP contribution < -0.4 is 9.47 Å². The van der Waals surface area contributed by atoms with Gasteiger partial charge in [-0.3, -0.25) is 4.40 Å². The first-order valence-corrected chi connectivity index (χ1v) is 5.56. The molecule has 7 nitrogen and oxygen atoms in total. The molecule has 0 radical (unpaired) electrons. The van der Waals surface area contributed by atoms with E-state index in [1.165, 1.54) is 20.3 Å². The smallest absolute Gasteiger partial charge is 0.346 e. The number of aromatic nitrogens is 2. The van der Waals surface area contributed by atoms with Crippen molar-refractivity contribution < 1.29 is 19.4 Å². The van der Waals surface area contributed by atoms with E-state index in [1.807, 2.05) is 0 Å². The van der Waals surface area contributed by atoms with Gasteiger partial charge in [0.15, 0.2) is 11.4 Å². The Morgan fingerprint density at radius 3 is 2.80 bits per heavy atom. The molecule has 0 unspecified atom stereocenters. The fourth-order valence-electron chi connectivity index (χ4n) is 1.76. The highest BCUT2D eigenvalue weighted by molar-refractivity contribution is 5.96. The summed E-state index contributed by atoms with van der Waals surface area (Å²) in [4.78, 5) is 15.1. The van der Waals surface area contributed by atoms with Gasteiger partial charge in [-0.2, -0.15) is 10.2 Å². The van der Waals surface area contributed by atoms with Crippen LogP contribution in [0.5, 0.6) is 11.6 Å². The Morgan fingerprint density at radius 1 is 1.50 bits per heavy atom. The average Bonchev–Trinajstić information content (AvgIpc) is 2.81. The molecule has 102 valence electrons. The summed E-state index contributed by atoms with van der Waals surface area (Å²) in [6.07, 6.45) is 2.89. The van der Waals surface area contributed by atoms with Crippen LogP contribution in [-0.4, -0.2) is 34.7 Å². The van der Waals surface area contributed by atoms with E-state index in [0.717, 1.165) is 0 Å². The summed E-state index contributed by atoms with van der Waals surface area (Å²) in [5, 5.41) is 17.8. The van der Waals surface area contributed by atoms with Crippen molar-refractivity contribution in [1.29, 1.82) is 5.26 Å². The number of pyridine rings is 1. The number of carboxylic acid groups (broad SMARTS) is 1. The lowest BCUT2D eigenvalue weighted by Crippen LogP contribution is -1.99. The fraction of sp³-hybridized carbons (Fsp3) is 0.154. The minimum Gasteiger partial charge on any atom is -0.493 e. The Morgan fingerprint density at radius 2 is 2.25 bits per heavy atom. The first kappa shape index (κ1) is 13.4. The third-order valence-electron chi connectivity index (χ3n) is 2.66. The van der Waals surface area contributed by atoms with Crippen LogP contribution in [0.3, 0.4) is 0 Å². The molecule has 7 heteroatoms. The van der Waals surface area contributed by atoms with E-state index in [4.69, 9.17) is 19.8 Å². The van der Waals surface area contributed by atoms with Crippen molar-refractivity contribution in [1.82, 2.24) is 9.38 Å². The maximum atomic E-state index is 10.9. The van der Waals surface area contributed by atoms with Gasteiger partial charge >= 0.3 is 5.97 Å². The maximum absolute atomic E-state index is 10.9. The van der Waals surface area contributed by atoms with Crippen molar-refractivity contribution in [2.24, 2.45) is 0 Å². The normalized spacial score (nSPS) is 11.2. The van der Waals surface area contributed by atoms with Crippen LogP contribution in [-0.2, 0) is 4.79 Å². The zero-order chi connectivity index (χ0) is 14.7. The number of nitrogens with zero attached hydrogens (tertiary/aromatic N) is 3. The highest BCUT2D eigenvalue weighted by Gasteiger charge is 2.16. The minimum absolute atomic E-state index is 0.212. The molecule has 0 spiro atoms. The third kappa shape index (κ3) is 2.14. The second kappa shape index (κ2) is 5.32. The number of aliphatic carboxylic acids is 1. The van der Waals surface area contributed by atoms with Gasteiger partial charge in [0.2, 0.25) is 5.88 Å². The molecule has 0 saturated heterocycles. The number of methoxy groups -OCH3 is 2. The van der Waals surface area contributed by atoms with Crippen molar-refractivity contribution >= 4 is 17.7 Å². The predicted octanol–water partition coefficient (Wildman–Crippen LogP) is 1.34. The van der Waals surface area contributed by atoms with Gasteiger partial charge < -0.3 is 14.6 Å². The molecule has 0 aromatic carbocycles. The van der Waals surface area contributed by atoms with Crippen LogP contribution >= 0.6 is 0 Å². The Labute approximate surface area is 114 Å². The fourth-order valence-corrected chi connectivity index (χ4v) is 1.76. The van der Waals surface area contributed by atoms with Crippen molar-refractivity contribution in [2.75, 3.05) is 14.2 Å². The summed E-state index contributed by atoms with van der Waals surface area (Å²) in [5.74, 6) is -0.588. The number of carboxylic acids is 1. The van der Waals surface area contributed by atoms with Crippen LogP contribution in [0, 0.1) is 11.3 Å². The van der Waals surface area contributed by atoms with Crippen LogP contribution in [0.2, 0.25) is 0 Å². The van der Waals surface area contributed by atoms with Gasteiger partial charge in [-0.05, 0) is 18.2 Å². The first-order valence-electron chi connectivity index (χ1n) is 5.56. The van der Waals surface area contributed by atoms with Crippen LogP contribution in [0.25, 0.3) is 11.7 Å². The van der Waals surface area contributed by atoms with E-state index >= 15 is 0 Å². The molecular weight excluding hydrogens is 262 g/mol. The Balaban J connectivity index is 2.75. The van der Waals surface area contributed by atoms with Crippen LogP contribution in [0.1, 0.15) is 5.69 Å². The van der Waals surface area contributed by atoms with Gasteiger partial charge in [0, 0.05) is 6.20 Å². The van der Waals surface area contributed by atoms with Crippen LogP contribution in [0.15, 0.2) is 23.9 Å². The number of rotatable bonds is 4. The standard InChI is InChI=1S/C13H11N3O4/c1-19-10-4-3-5-16-9(6-8(7-14)13(17)18)12(20-2)15-11(10)16/h3-6H,1-2H3,(H,17,18). The quantitative estimate of drug-likeness (QED) is 0.667. The molecular formula is C13H11N3O4. The highest BCUT2D eigenvalue weighted by atomic mass is 16.5. The second-order valence-electron chi connectivity index (χ2n) is 3.75.